The minimum Gasteiger partial charge on any atom is -0.493 e. The Bertz CT molecular complexity index is 1160. The largest absolute Gasteiger partial charge is 0.493 e. The highest BCUT2D eigenvalue weighted by atomic mass is 32.2. The summed E-state index contributed by atoms with van der Waals surface area (Å²) in [6.45, 7) is 6.05. The number of para-hydroxylation sites is 1. The third-order valence-electron chi connectivity index (χ3n) is 4.69. The second-order valence-corrected chi connectivity index (χ2v) is 8.09. The molecule has 0 saturated carbocycles. The highest BCUT2D eigenvalue weighted by Gasteiger charge is 2.19. The second-order valence-electron chi connectivity index (χ2n) is 6.79. The lowest BCUT2D eigenvalue weighted by atomic mass is 10.2. The average Bonchev–Trinajstić information content (AvgIpc) is 2.79. The lowest BCUT2D eigenvalue weighted by Gasteiger charge is -2.17. The Hall–Kier alpha value is -3.26. The topological polar surface area (TPSA) is 82.5 Å². The number of methoxy groups -OCH3 is 2. The first-order valence-electron chi connectivity index (χ1n) is 9.74. The molecule has 1 N–H and O–H groups in total. The van der Waals surface area contributed by atoms with Gasteiger partial charge in [0.25, 0.3) is 5.56 Å². The number of hydrogen-bond acceptors (Lipinski definition) is 6. The molecular formula is C23H25N3O4S. The first-order chi connectivity index (χ1) is 15.0. The number of thioether (sulfide) groups is 1. The number of rotatable bonds is 9. The molecule has 0 radical (unpaired) electrons. The van der Waals surface area contributed by atoms with E-state index in [1.54, 1.807) is 50.0 Å². The number of carbonyl (C=O) groups excluding carboxylic acids is 1. The Balaban J connectivity index is 2.03. The van der Waals surface area contributed by atoms with Gasteiger partial charge in [-0.05, 0) is 36.8 Å². The molecule has 1 heterocycles. The number of amides is 1. The van der Waals surface area contributed by atoms with Crippen molar-refractivity contribution in [3.05, 3.63) is 71.0 Å². The van der Waals surface area contributed by atoms with E-state index in [-0.39, 0.29) is 18.0 Å². The van der Waals surface area contributed by atoms with Gasteiger partial charge in [0.05, 0.1) is 36.9 Å². The maximum atomic E-state index is 13.3. The summed E-state index contributed by atoms with van der Waals surface area (Å²) >= 11 is 1.24. The molecule has 0 aliphatic carbocycles. The molecule has 0 saturated heterocycles. The number of aromatic nitrogens is 2. The molecule has 0 bridgehead atoms. The normalized spacial score (nSPS) is 11.7. The van der Waals surface area contributed by atoms with Crippen LogP contribution in [-0.2, 0) is 11.3 Å². The van der Waals surface area contributed by atoms with E-state index in [4.69, 9.17) is 9.47 Å². The van der Waals surface area contributed by atoms with E-state index in [9.17, 15) is 9.59 Å². The van der Waals surface area contributed by atoms with Gasteiger partial charge >= 0.3 is 0 Å². The van der Waals surface area contributed by atoms with Crippen LogP contribution >= 0.6 is 11.8 Å². The number of fused-ring (bicyclic) bond motifs is 1. The number of nitrogens with zero attached hydrogens (tertiary/aromatic N) is 2. The maximum absolute atomic E-state index is 13.3. The van der Waals surface area contributed by atoms with Gasteiger partial charge in [0.1, 0.15) is 0 Å². The van der Waals surface area contributed by atoms with Crippen molar-refractivity contribution in [2.45, 2.75) is 23.9 Å². The first-order valence-corrected chi connectivity index (χ1v) is 10.6. The van der Waals surface area contributed by atoms with Crippen LogP contribution in [0.4, 0.5) is 0 Å². The minimum absolute atomic E-state index is 0.148. The van der Waals surface area contributed by atoms with Crippen LogP contribution in [0.25, 0.3) is 10.9 Å². The van der Waals surface area contributed by atoms with Crippen molar-refractivity contribution in [2.24, 2.45) is 0 Å². The quantitative estimate of drug-likeness (QED) is 0.313. The highest BCUT2D eigenvalue weighted by Crippen LogP contribution is 2.29. The summed E-state index contributed by atoms with van der Waals surface area (Å²) in [5.74, 6) is 1.04. The summed E-state index contributed by atoms with van der Waals surface area (Å²) in [5.41, 5.74) is 1.28. The molecule has 8 heteroatoms. The Morgan fingerprint density at radius 2 is 1.97 bits per heavy atom. The predicted molar refractivity (Wildman–Crippen MR) is 123 cm³/mol. The molecule has 0 spiro atoms. The van der Waals surface area contributed by atoms with Crippen LogP contribution in [0.3, 0.4) is 0 Å². The second kappa shape index (κ2) is 10.2. The molecule has 3 rings (SSSR count). The first kappa shape index (κ1) is 22.4. The van der Waals surface area contributed by atoms with Crippen molar-refractivity contribution in [3.8, 4) is 11.5 Å². The van der Waals surface area contributed by atoms with Crippen LogP contribution in [0.5, 0.6) is 11.5 Å². The number of ether oxygens (including phenoxy) is 2. The van der Waals surface area contributed by atoms with Crippen molar-refractivity contribution in [2.75, 3.05) is 20.8 Å². The van der Waals surface area contributed by atoms with Crippen LogP contribution in [0.1, 0.15) is 12.5 Å². The van der Waals surface area contributed by atoms with Gasteiger partial charge in [0, 0.05) is 6.54 Å². The SMILES string of the molecule is C=CCNC(=O)C(C)Sc1nc2ccccc2c(=O)n1Cc1ccc(OC)c(OC)c1. The van der Waals surface area contributed by atoms with Crippen molar-refractivity contribution in [1.29, 1.82) is 0 Å². The van der Waals surface area contributed by atoms with E-state index >= 15 is 0 Å². The Labute approximate surface area is 185 Å². The summed E-state index contributed by atoms with van der Waals surface area (Å²) in [6.07, 6.45) is 1.62. The molecule has 0 fully saturated rings. The molecule has 3 aromatic rings. The molecule has 1 amide bonds. The van der Waals surface area contributed by atoms with Gasteiger partial charge in [-0.2, -0.15) is 0 Å². The number of benzene rings is 2. The van der Waals surface area contributed by atoms with E-state index < -0.39 is 5.25 Å². The number of carbonyl (C=O) groups is 1. The lowest BCUT2D eigenvalue weighted by molar-refractivity contribution is -0.120. The van der Waals surface area contributed by atoms with Gasteiger partial charge in [0.15, 0.2) is 16.7 Å². The van der Waals surface area contributed by atoms with Crippen LogP contribution in [0.2, 0.25) is 0 Å². The third kappa shape index (κ3) is 5.08. The standard InChI is InChI=1S/C23H25N3O4S/c1-5-12-24-21(27)15(2)31-23-25-18-9-7-6-8-17(18)22(28)26(23)14-16-10-11-19(29-3)20(13-16)30-4/h5-11,13,15H,1,12,14H2,2-4H3,(H,24,27). The van der Waals surface area contributed by atoms with Gasteiger partial charge in [-0.1, -0.05) is 36.0 Å². The van der Waals surface area contributed by atoms with Crippen LogP contribution in [0.15, 0.2) is 65.1 Å². The average molecular weight is 440 g/mol. The molecule has 162 valence electrons. The molecule has 2 aromatic carbocycles. The summed E-state index contributed by atoms with van der Waals surface area (Å²) in [7, 11) is 3.14. The molecule has 0 aliphatic rings. The predicted octanol–water partition coefficient (Wildman–Crippen LogP) is 3.24. The van der Waals surface area contributed by atoms with Crippen molar-refractivity contribution < 1.29 is 14.3 Å². The Morgan fingerprint density at radius 1 is 1.23 bits per heavy atom. The molecule has 0 aliphatic heterocycles. The van der Waals surface area contributed by atoms with E-state index in [0.717, 1.165) is 5.56 Å². The monoisotopic (exact) mass is 439 g/mol. The van der Waals surface area contributed by atoms with Gasteiger partial charge < -0.3 is 14.8 Å². The molecule has 7 nitrogen and oxygen atoms in total. The van der Waals surface area contributed by atoms with Gasteiger partial charge in [-0.25, -0.2) is 4.98 Å². The van der Waals surface area contributed by atoms with Gasteiger partial charge in [-0.3, -0.25) is 14.2 Å². The third-order valence-corrected chi connectivity index (χ3v) is 5.78. The van der Waals surface area contributed by atoms with Crippen LogP contribution in [-0.4, -0.2) is 41.5 Å². The van der Waals surface area contributed by atoms with Crippen LogP contribution < -0.4 is 20.3 Å². The van der Waals surface area contributed by atoms with Gasteiger partial charge in [0.2, 0.25) is 5.91 Å². The maximum Gasteiger partial charge on any atom is 0.262 e. The fraction of sp³-hybridized carbons (Fsp3) is 0.261. The molecular weight excluding hydrogens is 414 g/mol. The summed E-state index contributed by atoms with van der Waals surface area (Å²) in [5, 5.41) is 3.33. The Kier molecular flexibility index (Phi) is 7.36. The van der Waals surface area contributed by atoms with E-state index in [1.807, 2.05) is 24.3 Å². The number of hydrogen-bond donors (Lipinski definition) is 1. The zero-order chi connectivity index (χ0) is 22.4. The summed E-state index contributed by atoms with van der Waals surface area (Å²) < 4.78 is 12.3. The molecule has 31 heavy (non-hydrogen) atoms. The van der Waals surface area contributed by atoms with E-state index in [2.05, 4.69) is 16.9 Å². The minimum atomic E-state index is -0.440. The zero-order valence-corrected chi connectivity index (χ0v) is 18.6. The summed E-state index contributed by atoms with van der Waals surface area (Å²) in [4.78, 5) is 30.3. The fourth-order valence-electron chi connectivity index (χ4n) is 3.07. The molecule has 1 unspecified atom stereocenters. The zero-order valence-electron chi connectivity index (χ0n) is 17.8. The molecule has 1 aromatic heterocycles. The Morgan fingerprint density at radius 3 is 2.68 bits per heavy atom. The van der Waals surface area contributed by atoms with Crippen molar-refractivity contribution in [3.63, 3.8) is 0 Å². The summed E-state index contributed by atoms with van der Waals surface area (Å²) in [6, 6.07) is 12.7. The van der Waals surface area contributed by atoms with E-state index in [0.29, 0.717) is 34.1 Å². The van der Waals surface area contributed by atoms with Crippen molar-refractivity contribution in [1.82, 2.24) is 14.9 Å². The fourth-order valence-corrected chi connectivity index (χ4v) is 4.00. The van der Waals surface area contributed by atoms with Gasteiger partial charge in [-0.15, -0.1) is 6.58 Å². The smallest absolute Gasteiger partial charge is 0.262 e. The van der Waals surface area contributed by atoms with E-state index in [1.165, 1.54) is 11.8 Å². The lowest BCUT2D eigenvalue weighted by Crippen LogP contribution is -2.32. The highest BCUT2D eigenvalue weighted by molar-refractivity contribution is 8.00. The van der Waals surface area contributed by atoms with Crippen molar-refractivity contribution >= 4 is 28.6 Å². The van der Waals surface area contributed by atoms with Crippen LogP contribution in [0, 0.1) is 0 Å². The molecule has 1 atom stereocenters. The number of nitrogens with one attached hydrogen (secondary N) is 1.